The predicted molar refractivity (Wildman–Crippen MR) is 93.0 cm³/mol. The summed E-state index contributed by atoms with van der Waals surface area (Å²) in [7, 11) is 4.16. The molecule has 20 heavy (non-hydrogen) atoms. The van der Waals surface area contributed by atoms with E-state index in [0.29, 0.717) is 0 Å². The standard InChI is InChI=1S/C16H18INOS/c1-18(2)10-13-9-14(17)7-8-16(13)20-15-6-4-3-5-12(15)11-19/h3-9,19H,10-11H2,1-2H3/i17-2. The molecule has 0 spiro atoms. The molecule has 106 valence electrons. The lowest BCUT2D eigenvalue weighted by Crippen LogP contribution is -2.11. The summed E-state index contributed by atoms with van der Waals surface area (Å²) in [5.74, 6) is 0. The van der Waals surface area contributed by atoms with E-state index in [0.717, 1.165) is 17.0 Å². The molecule has 0 unspecified atom stereocenters. The molecule has 0 aliphatic heterocycles. The summed E-state index contributed by atoms with van der Waals surface area (Å²) in [6.45, 7) is 0.997. The number of nitrogens with zero attached hydrogens (tertiary/aromatic N) is 1. The Balaban J connectivity index is 2.33. The fraction of sp³-hybridized carbons (Fsp3) is 0.250. The third-order valence-electron chi connectivity index (χ3n) is 2.87. The van der Waals surface area contributed by atoms with Crippen LogP contribution in [0.25, 0.3) is 0 Å². The number of hydrogen-bond acceptors (Lipinski definition) is 3. The van der Waals surface area contributed by atoms with Crippen molar-refractivity contribution in [2.24, 2.45) is 0 Å². The van der Waals surface area contributed by atoms with Crippen LogP contribution in [0.15, 0.2) is 52.3 Å². The van der Waals surface area contributed by atoms with E-state index in [1.807, 2.05) is 18.2 Å². The molecule has 2 nitrogen and oxygen atoms in total. The van der Waals surface area contributed by atoms with Gasteiger partial charge in [-0.15, -0.1) is 0 Å². The average Bonchev–Trinajstić information content (AvgIpc) is 2.42. The van der Waals surface area contributed by atoms with Gasteiger partial charge in [-0.2, -0.15) is 0 Å². The number of benzene rings is 2. The zero-order valence-corrected chi connectivity index (χ0v) is 14.6. The highest BCUT2D eigenvalue weighted by Gasteiger charge is 2.09. The first-order valence-electron chi connectivity index (χ1n) is 6.40. The first kappa shape index (κ1) is 15.8. The summed E-state index contributed by atoms with van der Waals surface area (Å²) >= 11 is 4.07. The van der Waals surface area contributed by atoms with Gasteiger partial charge in [0.2, 0.25) is 0 Å². The number of rotatable bonds is 5. The minimum Gasteiger partial charge on any atom is -0.392 e. The van der Waals surface area contributed by atoms with Crippen LogP contribution in [0, 0.1) is 3.57 Å². The van der Waals surface area contributed by atoms with Crippen LogP contribution in [0.3, 0.4) is 0 Å². The van der Waals surface area contributed by atoms with E-state index < -0.39 is 0 Å². The van der Waals surface area contributed by atoms with E-state index in [9.17, 15) is 5.11 Å². The molecule has 0 bridgehead atoms. The van der Waals surface area contributed by atoms with E-state index in [1.54, 1.807) is 11.8 Å². The van der Waals surface area contributed by atoms with E-state index in [-0.39, 0.29) is 6.61 Å². The van der Waals surface area contributed by atoms with Crippen molar-refractivity contribution in [2.45, 2.75) is 22.9 Å². The quantitative estimate of drug-likeness (QED) is 0.772. The molecule has 0 aromatic heterocycles. The lowest BCUT2D eigenvalue weighted by Gasteiger charge is -2.15. The molecule has 0 saturated heterocycles. The Morgan fingerprint density at radius 1 is 1.05 bits per heavy atom. The highest BCUT2D eigenvalue weighted by atomic mass is 125. The molecule has 0 aliphatic carbocycles. The van der Waals surface area contributed by atoms with Crippen LogP contribution in [0.2, 0.25) is 0 Å². The first-order chi connectivity index (χ1) is 9.60. The fourth-order valence-electron chi connectivity index (χ4n) is 1.96. The van der Waals surface area contributed by atoms with Crippen molar-refractivity contribution < 1.29 is 5.11 Å². The van der Waals surface area contributed by atoms with Crippen molar-refractivity contribution in [3.8, 4) is 0 Å². The molecular formula is C16H18INOS. The Bertz CT molecular complexity index is 586. The largest absolute Gasteiger partial charge is 0.392 e. The Morgan fingerprint density at radius 3 is 2.45 bits per heavy atom. The Morgan fingerprint density at radius 2 is 1.75 bits per heavy atom. The lowest BCUT2D eigenvalue weighted by atomic mass is 10.2. The maximum Gasteiger partial charge on any atom is 0.0692 e. The monoisotopic (exact) mass is 397 g/mol. The van der Waals surface area contributed by atoms with Crippen LogP contribution in [0.5, 0.6) is 0 Å². The topological polar surface area (TPSA) is 23.5 Å². The van der Waals surface area contributed by atoms with Crippen LogP contribution in [0.4, 0.5) is 0 Å². The third kappa shape index (κ3) is 4.22. The van der Waals surface area contributed by atoms with Gasteiger partial charge in [0.05, 0.1) is 6.61 Å². The number of aliphatic hydroxyl groups is 1. The molecule has 0 heterocycles. The summed E-state index contributed by atoms with van der Waals surface area (Å²) in [6.07, 6.45) is 0. The smallest absolute Gasteiger partial charge is 0.0692 e. The highest BCUT2D eigenvalue weighted by molar-refractivity contribution is 14.1. The summed E-state index contributed by atoms with van der Waals surface area (Å²) in [6, 6.07) is 14.5. The van der Waals surface area contributed by atoms with Crippen molar-refractivity contribution in [1.82, 2.24) is 4.90 Å². The predicted octanol–water partition coefficient (Wildman–Crippen LogP) is 4.00. The number of hydrogen-bond donors (Lipinski definition) is 1. The molecule has 0 amide bonds. The van der Waals surface area contributed by atoms with E-state index in [2.05, 4.69) is 65.9 Å². The fourth-order valence-corrected chi connectivity index (χ4v) is 3.56. The Kier molecular flexibility index (Phi) is 5.89. The van der Waals surface area contributed by atoms with E-state index in [4.69, 9.17) is 0 Å². The van der Waals surface area contributed by atoms with Gasteiger partial charge in [-0.05, 0) is 72.1 Å². The van der Waals surface area contributed by atoms with Crippen molar-refractivity contribution in [3.05, 3.63) is 57.2 Å². The molecule has 1 N–H and O–H groups in total. The lowest BCUT2D eigenvalue weighted by molar-refractivity contribution is 0.279. The van der Waals surface area contributed by atoms with Gasteiger partial charge in [-0.3, -0.25) is 0 Å². The first-order valence-corrected chi connectivity index (χ1v) is 8.29. The van der Waals surface area contributed by atoms with Crippen molar-refractivity contribution in [3.63, 3.8) is 0 Å². The highest BCUT2D eigenvalue weighted by Crippen LogP contribution is 2.34. The van der Waals surface area contributed by atoms with Gasteiger partial charge in [0, 0.05) is 19.9 Å². The third-order valence-corrected chi connectivity index (χ3v) is 4.78. The van der Waals surface area contributed by atoms with Crippen LogP contribution in [-0.2, 0) is 13.2 Å². The molecule has 4 heteroatoms. The number of aliphatic hydroxyl groups excluding tert-OH is 1. The zero-order chi connectivity index (χ0) is 14.5. The van der Waals surface area contributed by atoms with Gasteiger partial charge in [-0.25, -0.2) is 0 Å². The summed E-state index contributed by atoms with van der Waals surface area (Å²) in [5.41, 5.74) is 2.30. The van der Waals surface area contributed by atoms with Gasteiger partial charge in [0.25, 0.3) is 0 Å². The molecule has 0 aliphatic rings. The maximum atomic E-state index is 9.43. The summed E-state index contributed by atoms with van der Waals surface area (Å²) < 4.78 is 1.25. The zero-order valence-electron chi connectivity index (χ0n) is 11.6. The van der Waals surface area contributed by atoms with Crippen LogP contribution < -0.4 is 0 Å². The van der Waals surface area contributed by atoms with Gasteiger partial charge in [-0.1, -0.05) is 30.0 Å². The van der Waals surface area contributed by atoms with Crippen molar-refractivity contribution in [2.75, 3.05) is 14.1 Å². The van der Waals surface area contributed by atoms with Gasteiger partial charge in [0.15, 0.2) is 0 Å². The summed E-state index contributed by atoms with van der Waals surface area (Å²) in [4.78, 5) is 4.55. The van der Waals surface area contributed by atoms with E-state index >= 15 is 0 Å². The molecule has 0 fully saturated rings. The van der Waals surface area contributed by atoms with Crippen LogP contribution >= 0.6 is 34.4 Å². The molecule has 2 rings (SSSR count). The Hall–Kier alpha value is -0.560. The number of halogens is 1. The molecule has 0 saturated carbocycles. The molecular weight excluding hydrogens is 379 g/mol. The minimum atomic E-state index is 0.0799. The second-order valence-corrected chi connectivity index (χ2v) is 7.19. The van der Waals surface area contributed by atoms with Crippen molar-refractivity contribution in [1.29, 1.82) is 0 Å². The normalized spacial score (nSPS) is 11.1. The Labute approximate surface area is 138 Å². The molecule has 2 aromatic carbocycles. The second kappa shape index (κ2) is 7.45. The maximum absolute atomic E-state index is 9.43. The van der Waals surface area contributed by atoms with Crippen molar-refractivity contribution >= 4 is 34.4 Å². The second-order valence-electron chi connectivity index (χ2n) is 4.86. The van der Waals surface area contributed by atoms with Crippen LogP contribution in [-0.4, -0.2) is 24.1 Å². The van der Waals surface area contributed by atoms with Gasteiger partial charge >= 0.3 is 0 Å². The molecule has 0 radical (unpaired) electrons. The molecule has 2 aromatic rings. The van der Waals surface area contributed by atoms with Crippen LogP contribution in [0.1, 0.15) is 11.1 Å². The average molecular weight is 397 g/mol. The van der Waals surface area contributed by atoms with E-state index in [1.165, 1.54) is 14.0 Å². The minimum absolute atomic E-state index is 0.0799. The molecule has 0 atom stereocenters. The summed E-state index contributed by atoms with van der Waals surface area (Å²) in [5, 5.41) is 9.43. The SMILES string of the molecule is CN(C)Cc1cc([125I])ccc1Sc1ccccc1CO. The van der Waals surface area contributed by atoms with Gasteiger partial charge in [0.1, 0.15) is 0 Å². The van der Waals surface area contributed by atoms with Gasteiger partial charge < -0.3 is 10.0 Å².